The van der Waals surface area contributed by atoms with Crippen molar-refractivity contribution in [3.8, 4) is 0 Å². The van der Waals surface area contributed by atoms with Gasteiger partial charge in [-0.3, -0.25) is 0 Å². The highest BCUT2D eigenvalue weighted by Crippen LogP contribution is 2.30. The van der Waals surface area contributed by atoms with Crippen LogP contribution in [0.15, 0.2) is 11.4 Å². The molecule has 0 saturated heterocycles. The number of rotatable bonds is 2. The summed E-state index contributed by atoms with van der Waals surface area (Å²) in [5.74, 6) is 0. The Morgan fingerprint density at radius 2 is 2.07 bits per heavy atom. The van der Waals surface area contributed by atoms with Gasteiger partial charge >= 0.3 is 0 Å². The van der Waals surface area contributed by atoms with Crippen molar-refractivity contribution in [3.63, 3.8) is 0 Å². The Kier molecular flexibility index (Phi) is 2.91. The highest BCUT2D eigenvalue weighted by molar-refractivity contribution is 7.12. The number of thiophene rings is 1. The van der Waals surface area contributed by atoms with E-state index in [2.05, 4.69) is 24.9 Å². The van der Waals surface area contributed by atoms with Crippen molar-refractivity contribution >= 4 is 22.7 Å². The van der Waals surface area contributed by atoms with Crippen LogP contribution in [0.4, 0.5) is 0 Å². The number of thiazole rings is 1. The quantitative estimate of drug-likeness (QED) is 0.872. The van der Waals surface area contributed by atoms with Gasteiger partial charge in [0.2, 0.25) is 0 Å². The van der Waals surface area contributed by atoms with Crippen LogP contribution < -0.4 is 5.73 Å². The molecule has 2 aromatic heterocycles. The number of nitrogens with two attached hydrogens (primary N) is 1. The molecule has 80 valence electrons. The summed E-state index contributed by atoms with van der Waals surface area (Å²) in [7, 11) is 0. The minimum Gasteiger partial charge on any atom is -0.318 e. The first-order chi connectivity index (χ1) is 7.08. The van der Waals surface area contributed by atoms with Crippen LogP contribution in [0.1, 0.15) is 32.1 Å². The van der Waals surface area contributed by atoms with E-state index in [-0.39, 0.29) is 6.04 Å². The van der Waals surface area contributed by atoms with Crippen LogP contribution in [-0.4, -0.2) is 4.98 Å². The van der Waals surface area contributed by atoms with Crippen molar-refractivity contribution in [1.29, 1.82) is 0 Å². The van der Waals surface area contributed by atoms with E-state index in [9.17, 15) is 0 Å². The van der Waals surface area contributed by atoms with Gasteiger partial charge in [-0.1, -0.05) is 0 Å². The van der Waals surface area contributed by atoms with Gasteiger partial charge in [0.05, 0.1) is 6.04 Å². The molecule has 1 atom stereocenters. The molecule has 0 aliphatic rings. The third-order valence-electron chi connectivity index (χ3n) is 2.32. The Bertz CT molecular complexity index is 471. The monoisotopic (exact) mass is 238 g/mol. The summed E-state index contributed by atoms with van der Waals surface area (Å²) in [6.45, 7) is 6.23. The first kappa shape index (κ1) is 10.8. The topological polar surface area (TPSA) is 38.9 Å². The molecule has 4 heteroatoms. The minimum absolute atomic E-state index is 0.0614. The molecule has 0 aliphatic carbocycles. The molecule has 0 radical (unpaired) electrons. The Hall–Kier alpha value is -0.710. The Morgan fingerprint density at radius 1 is 1.33 bits per heavy atom. The summed E-state index contributed by atoms with van der Waals surface area (Å²) in [6.07, 6.45) is 0. The smallest absolute Gasteiger partial charge is 0.114 e. The van der Waals surface area contributed by atoms with E-state index in [1.165, 1.54) is 15.3 Å². The highest BCUT2D eigenvalue weighted by Gasteiger charge is 2.16. The van der Waals surface area contributed by atoms with Gasteiger partial charge in [0.1, 0.15) is 5.01 Å². The molecule has 2 rings (SSSR count). The predicted octanol–water partition coefficient (Wildman–Crippen LogP) is 3.18. The standard InChI is InChI=1S/C11H14N2S2/c1-6-5-14-11(13-6)10(12)9-4-7(2)15-8(9)3/h4-5,10H,12H2,1-3H3. The van der Waals surface area contributed by atoms with Crippen molar-refractivity contribution < 1.29 is 0 Å². The van der Waals surface area contributed by atoms with Crippen LogP contribution >= 0.6 is 22.7 Å². The first-order valence-electron chi connectivity index (χ1n) is 4.82. The fourth-order valence-electron chi connectivity index (χ4n) is 1.61. The van der Waals surface area contributed by atoms with Gasteiger partial charge in [-0.15, -0.1) is 22.7 Å². The maximum absolute atomic E-state index is 6.20. The molecule has 2 aromatic rings. The zero-order valence-electron chi connectivity index (χ0n) is 9.07. The molecule has 0 aliphatic heterocycles. The van der Waals surface area contributed by atoms with Gasteiger partial charge in [0.15, 0.2) is 0 Å². The Morgan fingerprint density at radius 3 is 2.53 bits per heavy atom. The van der Waals surface area contributed by atoms with Gasteiger partial charge in [0.25, 0.3) is 0 Å². The SMILES string of the molecule is Cc1csc(C(N)c2cc(C)sc2C)n1. The molecule has 0 saturated carbocycles. The lowest BCUT2D eigenvalue weighted by Crippen LogP contribution is -2.11. The van der Waals surface area contributed by atoms with Gasteiger partial charge in [0, 0.05) is 20.8 Å². The summed E-state index contributed by atoms with van der Waals surface area (Å²) in [5, 5.41) is 3.05. The lowest BCUT2D eigenvalue weighted by Gasteiger charge is -2.07. The molecular formula is C11H14N2S2. The average molecular weight is 238 g/mol. The molecule has 0 amide bonds. The third-order valence-corrected chi connectivity index (χ3v) is 4.34. The molecule has 0 aromatic carbocycles. The lowest BCUT2D eigenvalue weighted by atomic mass is 10.1. The molecule has 2 N–H and O–H groups in total. The highest BCUT2D eigenvalue weighted by atomic mass is 32.1. The number of aryl methyl sites for hydroxylation is 3. The van der Waals surface area contributed by atoms with Gasteiger partial charge < -0.3 is 5.73 Å². The van der Waals surface area contributed by atoms with E-state index >= 15 is 0 Å². The summed E-state index contributed by atoms with van der Waals surface area (Å²) < 4.78 is 0. The lowest BCUT2D eigenvalue weighted by molar-refractivity contribution is 0.850. The van der Waals surface area contributed by atoms with Crippen LogP contribution in [0.5, 0.6) is 0 Å². The fraction of sp³-hybridized carbons (Fsp3) is 0.364. The van der Waals surface area contributed by atoms with E-state index in [4.69, 9.17) is 5.73 Å². The predicted molar refractivity (Wildman–Crippen MR) is 66.7 cm³/mol. The fourth-order valence-corrected chi connectivity index (χ4v) is 3.39. The van der Waals surface area contributed by atoms with Crippen molar-refractivity contribution in [2.45, 2.75) is 26.8 Å². The molecule has 0 fully saturated rings. The van der Waals surface area contributed by atoms with Crippen LogP contribution in [0.2, 0.25) is 0 Å². The first-order valence-corrected chi connectivity index (χ1v) is 6.52. The van der Waals surface area contributed by atoms with E-state index in [1.54, 1.807) is 22.7 Å². The number of aromatic nitrogens is 1. The second-order valence-electron chi connectivity index (χ2n) is 3.67. The van der Waals surface area contributed by atoms with Gasteiger partial charge in [-0.2, -0.15) is 0 Å². The van der Waals surface area contributed by atoms with Crippen molar-refractivity contribution in [1.82, 2.24) is 4.98 Å². The van der Waals surface area contributed by atoms with E-state index < -0.39 is 0 Å². The van der Waals surface area contributed by atoms with E-state index in [0.717, 1.165) is 10.7 Å². The van der Waals surface area contributed by atoms with Crippen molar-refractivity contribution in [3.05, 3.63) is 37.5 Å². The number of hydrogen-bond acceptors (Lipinski definition) is 4. The van der Waals surface area contributed by atoms with Crippen LogP contribution in [0.25, 0.3) is 0 Å². The maximum Gasteiger partial charge on any atom is 0.114 e. The largest absolute Gasteiger partial charge is 0.318 e. The zero-order chi connectivity index (χ0) is 11.0. The normalized spacial score (nSPS) is 13.1. The summed E-state index contributed by atoms with van der Waals surface area (Å²) in [4.78, 5) is 7.05. The summed E-state index contributed by atoms with van der Waals surface area (Å²) in [5.41, 5.74) is 8.46. The Balaban J connectivity index is 2.35. The number of hydrogen-bond donors (Lipinski definition) is 1. The second kappa shape index (κ2) is 4.04. The van der Waals surface area contributed by atoms with Crippen LogP contribution in [0, 0.1) is 20.8 Å². The summed E-state index contributed by atoms with van der Waals surface area (Å²) >= 11 is 3.43. The second-order valence-corrected chi connectivity index (χ2v) is 6.02. The number of nitrogens with zero attached hydrogens (tertiary/aromatic N) is 1. The zero-order valence-corrected chi connectivity index (χ0v) is 10.7. The molecule has 2 heterocycles. The molecule has 0 spiro atoms. The molecular weight excluding hydrogens is 224 g/mol. The molecule has 1 unspecified atom stereocenters. The van der Waals surface area contributed by atoms with Crippen molar-refractivity contribution in [2.75, 3.05) is 0 Å². The van der Waals surface area contributed by atoms with Crippen LogP contribution in [0.3, 0.4) is 0 Å². The van der Waals surface area contributed by atoms with E-state index in [0.29, 0.717) is 0 Å². The molecule has 15 heavy (non-hydrogen) atoms. The molecule has 2 nitrogen and oxygen atoms in total. The van der Waals surface area contributed by atoms with Crippen LogP contribution in [-0.2, 0) is 0 Å². The van der Waals surface area contributed by atoms with Crippen molar-refractivity contribution in [2.24, 2.45) is 5.73 Å². The average Bonchev–Trinajstić information content (AvgIpc) is 2.71. The third kappa shape index (κ3) is 2.12. The molecule has 0 bridgehead atoms. The van der Waals surface area contributed by atoms with Gasteiger partial charge in [-0.25, -0.2) is 4.98 Å². The van der Waals surface area contributed by atoms with Gasteiger partial charge in [-0.05, 0) is 32.4 Å². The maximum atomic E-state index is 6.20. The van der Waals surface area contributed by atoms with E-state index in [1.807, 2.05) is 12.3 Å². The minimum atomic E-state index is -0.0614. The Labute approximate surface area is 97.8 Å². The summed E-state index contributed by atoms with van der Waals surface area (Å²) in [6, 6.07) is 2.11.